The quantitative estimate of drug-likeness (QED) is 0.321. The summed E-state index contributed by atoms with van der Waals surface area (Å²) >= 11 is 0. The standard InChI is InChI=1S/C26H40N2O5/c1-25(2,3)27-13-23(32)17-7-9-22(31)20(11-17)16-33-24(14-28-26(4,5)6)18-8-10-21(30)19(12-18)15-29/h7-12,23-24,27-32H,13-16H2,1-6H3. The number of benzene rings is 2. The highest BCUT2D eigenvalue weighted by Gasteiger charge is 2.20. The van der Waals surface area contributed by atoms with Crippen LogP contribution < -0.4 is 10.6 Å². The lowest BCUT2D eigenvalue weighted by atomic mass is 10.0. The number of phenolic OH excluding ortho intramolecular Hbond substituents is 1. The highest BCUT2D eigenvalue weighted by molar-refractivity contribution is 5.38. The third kappa shape index (κ3) is 8.95. The molecule has 0 aliphatic heterocycles. The number of aliphatic hydroxyl groups excluding tert-OH is 2. The van der Waals surface area contributed by atoms with E-state index in [0.29, 0.717) is 29.8 Å². The first-order chi connectivity index (χ1) is 15.3. The lowest BCUT2D eigenvalue weighted by Crippen LogP contribution is -2.39. The normalized spacial score (nSPS) is 14.3. The number of aliphatic hydroxyl groups is 2. The van der Waals surface area contributed by atoms with E-state index in [0.717, 1.165) is 5.56 Å². The van der Waals surface area contributed by atoms with Gasteiger partial charge in [-0.2, -0.15) is 0 Å². The van der Waals surface area contributed by atoms with Crippen LogP contribution in [0.25, 0.3) is 0 Å². The molecule has 0 spiro atoms. The van der Waals surface area contributed by atoms with Gasteiger partial charge in [0.2, 0.25) is 0 Å². The Morgan fingerprint density at radius 3 is 1.88 bits per heavy atom. The molecule has 7 nitrogen and oxygen atoms in total. The fraction of sp³-hybridized carbons (Fsp3) is 0.538. The van der Waals surface area contributed by atoms with Crippen LogP contribution in [0.4, 0.5) is 0 Å². The van der Waals surface area contributed by atoms with E-state index >= 15 is 0 Å². The third-order valence-corrected chi connectivity index (χ3v) is 5.22. The van der Waals surface area contributed by atoms with Crippen molar-refractivity contribution in [2.24, 2.45) is 0 Å². The van der Waals surface area contributed by atoms with Gasteiger partial charge >= 0.3 is 0 Å². The second kappa shape index (κ2) is 11.3. The van der Waals surface area contributed by atoms with E-state index in [1.165, 1.54) is 0 Å². The Bertz CT molecular complexity index is 903. The maximum absolute atomic E-state index is 10.6. The zero-order valence-electron chi connectivity index (χ0n) is 20.6. The first kappa shape index (κ1) is 27.1. The maximum atomic E-state index is 10.6. The van der Waals surface area contributed by atoms with Gasteiger partial charge in [0.1, 0.15) is 11.5 Å². The van der Waals surface area contributed by atoms with Crippen LogP contribution in [-0.4, -0.2) is 44.6 Å². The van der Waals surface area contributed by atoms with Gasteiger partial charge in [-0.3, -0.25) is 0 Å². The summed E-state index contributed by atoms with van der Waals surface area (Å²) in [4.78, 5) is 0. The molecule has 2 rings (SSSR count). The summed E-state index contributed by atoms with van der Waals surface area (Å²) in [6.45, 7) is 13.0. The molecule has 2 aromatic rings. The van der Waals surface area contributed by atoms with Gasteiger partial charge in [0.05, 0.1) is 25.4 Å². The molecule has 7 heteroatoms. The fourth-order valence-electron chi connectivity index (χ4n) is 3.24. The molecule has 6 N–H and O–H groups in total. The summed E-state index contributed by atoms with van der Waals surface area (Å²) in [6.07, 6.45) is -1.10. The molecule has 0 saturated heterocycles. The first-order valence-electron chi connectivity index (χ1n) is 11.3. The molecule has 2 atom stereocenters. The minimum absolute atomic E-state index is 0.0342. The van der Waals surface area contributed by atoms with Crippen LogP contribution in [0, 0.1) is 0 Å². The van der Waals surface area contributed by atoms with Crippen molar-refractivity contribution in [3.05, 3.63) is 58.7 Å². The molecule has 2 unspecified atom stereocenters. The lowest BCUT2D eigenvalue weighted by Gasteiger charge is -2.26. The van der Waals surface area contributed by atoms with E-state index in [-0.39, 0.29) is 41.9 Å². The predicted octanol–water partition coefficient (Wildman–Crippen LogP) is 3.66. The van der Waals surface area contributed by atoms with Gasteiger partial charge in [0.25, 0.3) is 0 Å². The van der Waals surface area contributed by atoms with E-state index in [1.807, 2.05) is 20.8 Å². The smallest absolute Gasteiger partial charge is 0.121 e. The van der Waals surface area contributed by atoms with Gasteiger partial charge in [-0.15, -0.1) is 0 Å². The Morgan fingerprint density at radius 1 is 0.788 bits per heavy atom. The topological polar surface area (TPSA) is 114 Å². The second-order valence-electron chi connectivity index (χ2n) is 10.5. The van der Waals surface area contributed by atoms with Gasteiger partial charge in [0, 0.05) is 35.3 Å². The summed E-state index contributed by atoms with van der Waals surface area (Å²) in [5.41, 5.74) is 2.25. The Labute approximate surface area is 197 Å². The monoisotopic (exact) mass is 460 g/mol. The number of rotatable bonds is 10. The fourth-order valence-corrected chi connectivity index (χ4v) is 3.24. The van der Waals surface area contributed by atoms with Crippen molar-refractivity contribution in [3.8, 4) is 11.5 Å². The van der Waals surface area contributed by atoms with Crippen LogP contribution in [-0.2, 0) is 18.0 Å². The van der Waals surface area contributed by atoms with Crippen molar-refractivity contribution in [2.45, 2.75) is 78.0 Å². The molecule has 0 aliphatic carbocycles. The lowest BCUT2D eigenvalue weighted by molar-refractivity contribution is 0.0346. The number of phenols is 2. The van der Waals surface area contributed by atoms with Crippen LogP contribution in [0.15, 0.2) is 36.4 Å². The predicted molar refractivity (Wildman–Crippen MR) is 130 cm³/mol. The molecule has 0 aliphatic rings. The summed E-state index contributed by atoms with van der Waals surface area (Å²) in [5, 5.41) is 47.1. The van der Waals surface area contributed by atoms with Crippen molar-refractivity contribution in [1.82, 2.24) is 10.6 Å². The highest BCUT2D eigenvalue weighted by Crippen LogP contribution is 2.28. The highest BCUT2D eigenvalue weighted by atomic mass is 16.5. The zero-order chi connectivity index (χ0) is 24.8. The van der Waals surface area contributed by atoms with Gasteiger partial charge in [0.15, 0.2) is 0 Å². The molecule has 0 bridgehead atoms. The molecule has 0 aromatic heterocycles. The summed E-state index contributed by atoms with van der Waals surface area (Å²) in [5.74, 6) is 0.131. The maximum Gasteiger partial charge on any atom is 0.121 e. The van der Waals surface area contributed by atoms with Crippen LogP contribution in [0.5, 0.6) is 11.5 Å². The number of hydrogen-bond donors (Lipinski definition) is 6. The Balaban J connectivity index is 2.20. The van der Waals surface area contributed by atoms with E-state index in [1.54, 1.807) is 36.4 Å². The molecule has 0 radical (unpaired) electrons. The number of β-amino-alcohol motifs (C(OH)–C–C–N with tert-alkyl or cyclic N) is 1. The minimum atomic E-state index is -0.717. The minimum Gasteiger partial charge on any atom is -0.508 e. The average Bonchev–Trinajstić information content (AvgIpc) is 2.72. The number of ether oxygens (including phenoxy) is 1. The molecule has 0 saturated carbocycles. The molecule has 0 fully saturated rings. The van der Waals surface area contributed by atoms with Gasteiger partial charge in [-0.25, -0.2) is 0 Å². The van der Waals surface area contributed by atoms with Crippen molar-refractivity contribution in [3.63, 3.8) is 0 Å². The van der Waals surface area contributed by atoms with Crippen LogP contribution >= 0.6 is 0 Å². The van der Waals surface area contributed by atoms with E-state index in [4.69, 9.17) is 4.74 Å². The summed E-state index contributed by atoms with van der Waals surface area (Å²) < 4.78 is 6.20. The van der Waals surface area contributed by atoms with Gasteiger partial charge in [-0.05, 0) is 76.9 Å². The molecule has 2 aromatic carbocycles. The zero-order valence-corrected chi connectivity index (χ0v) is 20.6. The third-order valence-electron chi connectivity index (χ3n) is 5.22. The van der Waals surface area contributed by atoms with Crippen LogP contribution in [0.3, 0.4) is 0 Å². The molecule has 33 heavy (non-hydrogen) atoms. The number of nitrogens with one attached hydrogen (secondary N) is 2. The SMILES string of the molecule is CC(C)(C)NCC(O)c1ccc(O)c(COC(CNC(C)(C)C)c2ccc(O)c(CO)c2)c1. The van der Waals surface area contributed by atoms with Gasteiger partial charge in [-0.1, -0.05) is 12.1 Å². The van der Waals surface area contributed by atoms with Crippen molar-refractivity contribution < 1.29 is 25.2 Å². The Hall–Kier alpha value is -2.16. The molecule has 184 valence electrons. The largest absolute Gasteiger partial charge is 0.508 e. The molecular formula is C26H40N2O5. The van der Waals surface area contributed by atoms with Crippen molar-refractivity contribution in [2.75, 3.05) is 13.1 Å². The first-order valence-corrected chi connectivity index (χ1v) is 11.3. The van der Waals surface area contributed by atoms with E-state index in [9.17, 15) is 20.4 Å². The van der Waals surface area contributed by atoms with Crippen molar-refractivity contribution >= 4 is 0 Å². The van der Waals surface area contributed by atoms with Crippen LogP contribution in [0.1, 0.15) is 76.0 Å². The van der Waals surface area contributed by atoms with Crippen LogP contribution in [0.2, 0.25) is 0 Å². The summed E-state index contributed by atoms with van der Waals surface area (Å²) in [7, 11) is 0. The molecule has 0 amide bonds. The molecular weight excluding hydrogens is 420 g/mol. The van der Waals surface area contributed by atoms with Gasteiger partial charge < -0.3 is 35.8 Å². The van der Waals surface area contributed by atoms with E-state index in [2.05, 4.69) is 31.4 Å². The van der Waals surface area contributed by atoms with Crippen molar-refractivity contribution in [1.29, 1.82) is 0 Å². The Kier molecular flexibility index (Phi) is 9.29. The molecule has 0 heterocycles. The number of hydrogen-bond acceptors (Lipinski definition) is 7. The number of aromatic hydroxyl groups is 2. The summed E-state index contributed by atoms with van der Waals surface area (Å²) in [6, 6.07) is 10.1. The second-order valence-corrected chi connectivity index (χ2v) is 10.5. The average molecular weight is 461 g/mol. The van der Waals surface area contributed by atoms with E-state index < -0.39 is 6.10 Å². The Morgan fingerprint density at radius 2 is 1.30 bits per heavy atom.